The summed E-state index contributed by atoms with van der Waals surface area (Å²) in [6.45, 7) is 0. The summed E-state index contributed by atoms with van der Waals surface area (Å²) in [6, 6.07) is 5.19. The molecule has 1 aromatic rings. The van der Waals surface area contributed by atoms with E-state index in [0.29, 0.717) is 5.15 Å². The molecular weight excluding hydrogens is 169 g/mol. The van der Waals surface area contributed by atoms with Gasteiger partial charge in [0.15, 0.2) is 0 Å². The molecule has 0 aliphatic heterocycles. The Morgan fingerprint density at radius 1 is 1.56 bits per heavy atom. The largest absolute Gasteiger partial charge is 2.00 e. The first-order valence-corrected chi connectivity index (χ1v) is 2.26. The average Bonchev–Trinajstić information content (AvgIpc) is 1.69. The Bertz CT molecular complexity index is 145. The molecular formula is C5H3Cl2MgN. The zero-order valence-corrected chi connectivity index (χ0v) is 7.57. The van der Waals surface area contributed by atoms with Crippen LogP contribution in [0.25, 0.3) is 0 Å². The third-order valence-corrected chi connectivity index (χ3v) is 0.786. The average molecular weight is 172 g/mol. The predicted octanol–water partition coefficient (Wildman–Crippen LogP) is -1.84. The summed E-state index contributed by atoms with van der Waals surface area (Å²) in [5, 5.41) is 0.488. The third-order valence-electron chi connectivity index (χ3n) is 0.576. The molecule has 0 aliphatic rings. The van der Waals surface area contributed by atoms with Gasteiger partial charge in [0.25, 0.3) is 0 Å². The summed E-state index contributed by atoms with van der Waals surface area (Å²) < 4.78 is 0. The molecule has 44 valence electrons. The van der Waals surface area contributed by atoms with Crippen LogP contribution in [0.3, 0.4) is 0 Å². The van der Waals surface area contributed by atoms with Gasteiger partial charge >= 0.3 is 23.1 Å². The van der Waals surface area contributed by atoms with Crippen LogP contribution in [-0.2, 0) is 0 Å². The van der Waals surface area contributed by atoms with Crippen LogP contribution in [0.15, 0.2) is 18.2 Å². The van der Waals surface area contributed by atoms with E-state index in [1.807, 2.05) is 0 Å². The van der Waals surface area contributed by atoms with E-state index in [1.54, 1.807) is 18.2 Å². The molecule has 0 N–H and O–H groups in total. The first kappa shape index (κ1) is 12.2. The number of aromatic nitrogens is 1. The van der Waals surface area contributed by atoms with Crippen LogP contribution >= 0.6 is 11.6 Å². The Morgan fingerprint density at radius 2 is 2.22 bits per heavy atom. The minimum atomic E-state index is 0. The number of nitrogens with zero attached hydrogens (tertiary/aromatic N) is 1. The van der Waals surface area contributed by atoms with E-state index < -0.39 is 0 Å². The van der Waals surface area contributed by atoms with Crippen LogP contribution in [0.1, 0.15) is 0 Å². The maximum atomic E-state index is 5.40. The van der Waals surface area contributed by atoms with Crippen LogP contribution in [0, 0.1) is 6.20 Å². The Kier molecular flexibility index (Phi) is 8.96. The Hall–Kier alpha value is 0.496. The van der Waals surface area contributed by atoms with Crippen molar-refractivity contribution in [1.82, 2.24) is 4.98 Å². The summed E-state index contributed by atoms with van der Waals surface area (Å²) in [6.07, 6.45) is 2.58. The number of halogens is 2. The molecule has 0 aliphatic carbocycles. The zero-order chi connectivity index (χ0) is 5.11. The molecule has 0 saturated carbocycles. The standard InChI is InChI=1S/C5H3ClN.ClH.Mg/c6-5-3-1-2-4-7-5;;/h1-3H;1H;/q-1;;+2/p-1. The van der Waals surface area contributed by atoms with E-state index in [-0.39, 0.29) is 35.5 Å². The van der Waals surface area contributed by atoms with E-state index >= 15 is 0 Å². The molecule has 4 heteroatoms. The molecule has 0 bridgehead atoms. The Balaban J connectivity index is 0. The topological polar surface area (TPSA) is 12.9 Å². The van der Waals surface area contributed by atoms with Crippen LogP contribution in [0.4, 0.5) is 0 Å². The third kappa shape index (κ3) is 4.97. The van der Waals surface area contributed by atoms with Gasteiger partial charge in [-0.15, -0.1) is 17.7 Å². The van der Waals surface area contributed by atoms with Crippen molar-refractivity contribution in [1.29, 1.82) is 0 Å². The van der Waals surface area contributed by atoms with Crippen molar-refractivity contribution in [3.8, 4) is 0 Å². The van der Waals surface area contributed by atoms with E-state index in [4.69, 9.17) is 11.6 Å². The summed E-state index contributed by atoms with van der Waals surface area (Å²) in [5.41, 5.74) is 0. The van der Waals surface area contributed by atoms with Gasteiger partial charge in [0.05, 0.1) is 0 Å². The SMILES string of the molecule is Clc1ccc[c-]n1.[Cl-].[Mg+2]. The molecule has 0 radical (unpaired) electrons. The molecule has 0 saturated heterocycles. The quantitative estimate of drug-likeness (QED) is 0.255. The van der Waals surface area contributed by atoms with Gasteiger partial charge in [-0.25, -0.2) is 0 Å². The van der Waals surface area contributed by atoms with Gasteiger partial charge in [-0.05, 0) is 0 Å². The minimum Gasteiger partial charge on any atom is -1.00 e. The van der Waals surface area contributed by atoms with E-state index in [0.717, 1.165) is 0 Å². The molecule has 0 aromatic carbocycles. The first-order valence-electron chi connectivity index (χ1n) is 1.88. The molecule has 0 fully saturated rings. The monoisotopic (exact) mass is 171 g/mol. The first-order chi connectivity index (χ1) is 3.39. The second kappa shape index (κ2) is 6.61. The van der Waals surface area contributed by atoms with Crippen LogP contribution in [0.2, 0.25) is 5.15 Å². The van der Waals surface area contributed by atoms with E-state index in [2.05, 4.69) is 11.2 Å². The van der Waals surface area contributed by atoms with Crippen molar-refractivity contribution >= 4 is 34.7 Å². The Labute approximate surface area is 81.4 Å². The normalized spacial score (nSPS) is 6.78. The van der Waals surface area contributed by atoms with Gasteiger partial charge in [-0.1, -0.05) is 6.20 Å². The molecule has 0 atom stereocenters. The maximum Gasteiger partial charge on any atom is 2.00 e. The number of hydrogen-bond acceptors (Lipinski definition) is 1. The number of pyridine rings is 1. The molecule has 1 rings (SSSR count). The fourth-order valence-corrected chi connectivity index (χ4v) is 0.428. The minimum absolute atomic E-state index is 0. The van der Waals surface area contributed by atoms with Crippen molar-refractivity contribution < 1.29 is 12.4 Å². The van der Waals surface area contributed by atoms with Crippen molar-refractivity contribution in [3.63, 3.8) is 0 Å². The summed E-state index contributed by atoms with van der Waals surface area (Å²) in [4.78, 5) is 3.62. The molecule has 1 nitrogen and oxygen atoms in total. The van der Waals surface area contributed by atoms with E-state index in [1.165, 1.54) is 0 Å². The van der Waals surface area contributed by atoms with Crippen molar-refractivity contribution in [2.24, 2.45) is 0 Å². The Morgan fingerprint density at radius 3 is 2.44 bits per heavy atom. The number of rotatable bonds is 0. The second-order valence-electron chi connectivity index (χ2n) is 1.09. The molecule has 0 spiro atoms. The van der Waals surface area contributed by atoms with Crippen molar-refractivity contribution in [2.75, 3.05) is 0 Å². The van der Waals surface area contributed by atoms with Crippen LogP contribution in [-0.4, -0.2) is 28.0 Å². The van der Waals surface area contributed by atoms with Gasteiger partial charge in [0.1, 0.15) is 0 Å². The summed E-state index contributed by atoms with van der Waals surface area (Å²) in [5.74, 6) is 0. The predicted molar refractivity (Wildman–Crippen MR) is 33.8 cm³/mol. The molecule has 9 heavy (non-hydrogen) atoms. The van der Waals surface area contributed by atoms with Gasteiger partial charge in [-0.2, -0.15) is 12.1 Å². The summed E-state index contributed by atoms with van der Waals surface area (Å²) >= 11 is 5.40. The number of hydrogen-bond donors (Lipinski definition) is 0. The van der Waals surface area contributed by atoms with Gasteiger partial charge in [0.2, 0.25) is 0 Å². The van der Waals surface area contributed by atoms with Crippen LogP contribution in [0.5, 0.6) is 0 Å². The van der Waals surface area contributed by atoms with Gasteiger partial charge < -0.3 is 17.4 Å². The van der Waals surface area contributed by atoms with E-state index in [9.17, 15) is 0 Å². The smallest absolute Gasteiger partial charge is 1.00 e. The maximum absolute atomic E-state index is 5.40. The molecule has 1 heterocycles. The fourth-order valence-electron chi connectivity index (χ4n) is 0.307. The molecule has 1 aromatic heterocycles. The van der Waals surface area contributed by atoms with Crippen molar-refractivity contribution in [2.45, 2.75) is 0 Å². The van der Waals surface area contributed by atoms with Crippen molar-refractivity contribution in [3.05, 3.63) is 29.5 Å². The van der Waals surface area contributed by atoms with Gasteiger partial charge in [-0.3, -0.25) is 0 Å². The van der Waals surface area contributed by atoms with Gasteiger partial charge in [0, 0.05) is 5.15 Å². The molecule has 0 unspecified atom stereocenters. The second-order valence-corrected chi connectivity index (χ2v) is 1.48. The summed E-state index contributed by atoms with van der Waals surface area (Å²) in [7, 11) is 0. The zero-order valence-electron chi connectivity index (χ0n) is 4.64. The molecule has 0 amide bonds. The van der Waals surface area contributed by atoms with Crippen LogP contribution < -0.4 is 12.4 Å². The fraction of sp³-hybridized carbons (Fsp3) is 0.